The van der Waals surface area contributed by atoms with Gasteiger partial charge in [-0.2, -0.15) is 0 Å². The minimum absolute atomic E-state index is 0.0459. The molecule has 44 heavy (non-hydrogen) atoms. The molecule has 1 atom stereocenters. The van der Waals surface area contributed by atoms with Gasteiger partial charge in [0.15, 0.2) is 5.78 Å². The highest BCUT2D eigenvalue weighted by Gasteiger charge is 2.27. The lowest BCUT2D eigenvalue weighted by Crippen LogP contribution is -2.36. The van der Waals surface area contributed by atoms with Crippen molar-refractivity contribution >= 4 is 34.9 Å². The van der Waals surface area contributed by atoms with Gasteiger partial charge in [0.05, 0.1) is 18.2 Å². The van der Waals surface area contributed by atoms with Crippen LogP contribution in [0.25, 0.3) is 11.1 Å². The van der Waals surface area contributed by atoms with Crippen LogP contribution in [0.5, 0.6) is 5.88 Å². The summed E-state index contributed by atoms with van der Waals surface area (Å²) < 4.78 is 12.1. The maximum Gasteiger partial charge on any atom is 0.338 e. The molecule has 0 unspecified atom stereocenters. The molecule has 0 aliphatic heterocycles. The zero-order valence-corrected chi connectivity index (χ0v) is 26.0. The monoisotopic (exact) mass is 615 g/mol. The molecule has 228 valence electrons. The Bertz CT molecular complexity index is 1730. The third kappa shape index (κ3) is 7.79. The van der Waals surface area contributed by atoms with Gasteiger partial charge in [-0.1, -0.05) is 48.9 Å². The Morgan fingerprint density at radius 3 is 2.25 bits per heavy atom. The Morgan fingerprint density at radius 1 is 0.955 bits per heavy atom. The molecule has 4 aromatic rings. The third-order valence-corrected chi connectivity index (χ3v) is 6.90. The zero-order valence-electron chi connectivity index (χ0n) is 25.2. The highest BCUT2D eigenvalue weighted by Crippen LogP contribution is 2.33. The zero-order chi connectivity index (χ0) is 32.0. The van der Waals surface area contributed by atoms with Gasteiger partial charge in [-0.05, 0) is 74.4 Å². The van der Waals surface area contributed by atoms with Crippen LogP contribution in [0.2, 0.25) is 5.02 Å². The summed E-state index contributed by atoms with van der Waals surface area (Å²) in [7, 11) is 1.39. The number of halogens is 1. The molecule has 0 saturated heterocycles. The van der Waals surface area contributed by atoms with Gasteiger partial charge in [-0.25, -0.2) is 9.48 Å². The van der Waals surface area contributed by atoms with Gasteiger partial charge in [-0.15, -0.1) is 5.10 Å². The van der Waals surface area contributed by atoms with Crippen molar-refractivity contribution in [1.29, 1.82) is 0 Å². The van der Waals surface area contributed by atoms with Crippen molar-refractivity contribution in [3.8, 4) is 17.0 Å². The van der Waals surface area contributed by atoms with Gasteiger partial charge in [0.2, 0.25) is 11.8 Å². The van der Waals surface area contributed by atoms with Gasteiger partial charge in [0.1, 0.15) is 11.6 Å². The molecule has 1 N–H and O–H groups in total. The minimum Gasteiger partial charge on any atom is -0.480 e. The van der Waals surface area contributed by atoms with E-state index in [1.54, 1.807) is 70.2 Å². The molecule has 0 aliphatic rings. The van der Waals surface area contributed by atoms with E-state index in [-0.39, 0.29) is 30.1 Å². The number of amides is 1. The standard InChI is InChI=1S/C34H34ClN3O6/c1-6-29(39)25-17-14-23(35)19-26(25)27-20-30(40)38(37-32(27)43-5)28(18-21-10-8-7-9-11-21)31(41)36-24-15-12-22(13-16-24)33(42)44-34(2,3)4/h7-17,19-20,28H,6,18H2,1-5H3,(H,36,41)/t28-/m0/s1. The number of ketones is 1. The first kappa shape index (κ1) is 32.2. The van der Waals surface area contributed by atoms with E-state index in [9.17, 15) is 19.2 Å². The van der Waals surface area contributed by atoms with Crippen LogP contribution in [0, 0.1) is 0 Å². The number of esters is 1. The average Bonchev–Trinajstić information content (AvgIpc) is 2.99. The van der Waals surface area contributed by atoms with Gasteiger partial charge in [0, 0.05) is 35.2 Å². The Balaban J connectivity index is 1.73. The second-order valence-corrected chi connectivity index (χ2v) is 11.5. The summed E-state index contributed by atoms with van der Waals surface area (Å²) in [5.74, 6) is -1.08. The molecular weight excluding hydrogens is 582 g/mol. The van der Waals surface area contributed by atoms with Crippen molar-refractivity contribution in [2.45, 2.75) is 52.2 Å². The van der Waals surface area contributed by atoms with Crippen LogP contribution < -0.4 is 15.6 Å². The van der Waals surface area contributed by atoms with Crippen molar-refractivity contribution in [2.24, 2.45) is 0 Å². The largest absolute Gasteiger partial charge is 0.480 e. The van der Waals surface area contributed by atoms with Crippen LogP contribution in [0.15, 0.2) is 83.7 Å². The highest BCUT2D eigenvalue weighted by atomic mass is 35.5. The summed E-state index contributed by atoms with van der Waals surface area (Å²) in [6.45, 7) is 7.08. The van der Waals surface area contributed by atoms with Crippen LogP contribution >= 0.6 is 11.6 Å². The van der Waals surface area contributed by atoms with Gasteiger partial charge in [-0.3, -0.25) is 14.4 Å². The van der Waals surface area contributed by atoms with Crippen molar-refractivity contribution in [3.63, 3.8) is 0 Å². The number of aromatic nitrogens is 2. The molecule has 0 bridgehead atoms. The smallest absolute Gasteiger partial charge is 0.338 e. The number of anilines is 1. The number of ether oxygens (including phenoxy) is 2. The van der Waals surface area contributed by atoms with Crippen molar-refractivity contribution < 1.29 is 23.9 Å². The van der Waals surface area contributed by atoms with Gasteiger partial charge >= 0.3 is 5.97 Å². The van der Waals surface area contributed by atoms with Crippen LogP contribution in [-0.4, -0.2) is 40.2 Å². The Hall–Kier alpha value is -4.76. The van der Waals surface area contributed by atoms with E-state index < -0.39 is 29.1 Å². The first-order valence-corrected chi connectivity index (χ1v) is 14.5. The van der Waals surface area contributed by atoms with Gasteiger partial charge < -0.3 is 14.8 Å². The Kier molecular flexibility index (Phi) is 10.0. The molecule has 10 heteroatoms. The predicted molar refractivity (Wildman–Crippen MR) is 170 cm³/mol. The van der Waals surface area contributed by atoms with E-state index in [1.165, 1.54) is 13.2 Å². The van der Waals surface area contributed by atoms with Crippen molar-refractivity contribution in [1.82, 2.24) is 9.78 Å². The summed E-state index contributed by atoms with van der Waals surface area (Å²) in [6, 6.07) is 20.5. The average molecular weight is 616 g/mol. The second kappa shape index (κ2) is 13.7. The number of benzene rings is 3. The molecule has 4 rings (SSSR count). The summed E-state index contributed by atoms with van der Waals surface area (Å²) in [4.78, 5) is 52.5. The lowest BCUT2D eigenvalue weighted by Gasteiger charge is -2.21. The lowest BCUT2D eigenvalue weighted by atomic mass is 9.97. The molecule has 1 aromatic heterocycles. The molecular formula is C34H34ClN3O6. The number of methoxy groups -OCH3 is 1. The molecule has 0 aliphatic carbocycles. The number of Topliss-reactive ketones (excluding diaryl/α,β-unsaturated/α-hetero) is 1. The number of rotatable bonds is 10. The van der Waals surface area contributed by atoms with E-state index in [2.05, 4.69) is 10.4 Å². The second-order valence-electron chi connectivity index (χ2n) is 11.1. The number of carbonyl (C=O) groups is 3. The van der Waals surface area contributed by atoms with E-state index in [0.29, 0.717) is 27.4 Å². The fourth-order valence-electron chi connectivity index (χ4n) is 4.57. The minimum atomic E-state index is -1.07. The highest BCUT2D eigenvalue weighted by molar-refractivity contribution is 6.31. The Labute approximate surface area is 260 Å². The number of nitrogens with zero attached hydrogens (tertiary/aromatic N) is 2. The van der Waals surface area contributed by atoms with E-state index in [1.807, 2.05) is 30.3 Å². The molecule has 0 saturated carbocycles. The lowest BCUT2D eigenvalue weighted by molar-refractivity contribution is -0.119. The first-order chi connectivity index (χ1) is 20.9. The summed E-state index contributed by atoms with van der Waals surface area (Å²) in [6.07, 6.45) is 0.397. The quantitative estimate of drug-likeness (QED) is 0.159. The van der Waals surface area contributed by atoms with Gasteiger partial charge in [0.25, 0.3) is 5.56 Å². The molecule has 1 heterocycles. The maximum absolute atomic E-state index is 13.8. The third-order valence-electron chi connectivity index (χ3n) is 6.67. The van der Waals surface area contributed by atoms with Crippen LogP contribution in [0.4, 0.5) is 5.69 Å². The number of hydrogen-bond acceptors (Lipinski definition) is 7. The number of hydrogen-bond donors (Lipinski definition) is 1. The predicted octanol–water partition coefficient (Wildman–Crippen LogP) is 6.54. The fourth-order valence-corrected chi connectivity index (χ4v) is 4.74. The molecule has 0 radical (unpaired) electrons. The van der Waals surface area contributed by atoms with Crippen LogP contribution in [-0.2, 0) is 16.0 Å². The topological polar surface area (TPSA) is 117 Å². The molecule has 0 spiro atoms. The van der Waals surface area contributed by atoms with Crippen molar-refractivity contribution in [3.05, 3.63) is 111 Å². The normalized spacial score (nSPS) is 11.9. The molecule has 3 aromatic carbocycles. The SMILES string of the molecule is CCC(=O)c1ccc(Cl)cc1-c1cc(=O)n([C@@H](Cc2ccccc2)C(=O)Nc2ccc(C(=O)OC(C)(C)C)cc2)nc1OC. The number of nitrogens with one attached hydrogen (secondary N) is 1. The summed E-state index contributed by atoms with van der Waals surface area (Å²) in [5, 5.41) is 7.66. The maximum atomic E-state index is 13.8. The van der Waals surface area contributed by atoms with E-state index in [4.69, 9.17) is 21.1 Å². The van der Waals surface area contributed by atoms with E-state index in [0.717, 1.165) is 10.2 Å². The van der Waals surface area contributed by atoms with E-state index >= 15 is 0 Å². The summed E-state index contributed by atoms with van der Waals surface area (Å²) >= 11 is 6.26. The number of carbonyl (C=O) groups excluding carboxylic acids is 3. The van der Waals surface area contributed by atoms with Crippen LogP contribution in [0.1, 0.15) is 66.4 Å². The first-order valence-electron chi connectivity index (χ1n) is 14.1. The van der Waals surface area contributed by atoms with Crippen molar-refractivity contribution in [2.75, 3.05) is 12.4 Å². The summed E-state index contributed by atoms with van der Waals surface area (Å²) in [5.41, 5.74) is 1.39. The van der Waals surface area contributed by atoms with Crippen LogP contribution in [0.3, 0.4) is 0 Å². The molecule has 1 amide bonds. The molecule has 0 fully saturated rings. The Morgan fingerprint density at radius 2 is 1.64 bits per heavy atom. The molecule has 9 nitrogen and oxygen atoms in total. The fraction of sp³-hybridized carbons (Fsp3) is 0.265.